The van der Waals surface area contributed by atoms with Gasteiger partial charge in [-0.2, -0.15) is 0 Å². The van der Waals surface area contributed by atoms with E-state index in [1.54, 1.807) is 0 Å². The molecule has 0 heterocycles. The van der Waals surface area contributed by atoms with Crippen LogP contribution >= 0.6 is 15.9 Å². The monoisotopic (exact) mass is 281 g/mol. The molecule has 1 aromatic carbocycles. The number of rotatable bonds is 5. The first-order valence-corrected chi connectivity index (χ1v) is 6.99. The molecule has 1 aliphatic rings. The Morgan fingerprint density at radius 3 is 2.69 bits per heavy atom. The molecule has 2 unspecified atom stereocenters. The standard InChI is InChI=1S/C14H20BrN/c1-3-11-9-14(11,10-16-4-2)12-7-5-6-8-13(12)15/h5-8,11,16H,3-4,9-10H2,1-2H3. The van der Waals surface area contributed by atoms with Crippen LogP contribution in [-0.4, -0.2) is 13.1 Å². The Morgan fingerprint density at radius 1 is 1.38 bits per heavy atom. The van der Waals surface area contributed by atoms with Crippen LogP contribution in [-0.2, 0) is 5.41 Å². The first-order valence-electron chi connectivity index (χ1n) is 6.20. The molecule has 0 radical (unpaired) electrons. The fourth-order valence-electron chi connectivity index (χ4n) is 2.77. The van der Waals surface area contributed by atoms with Crippen LogP contribution in [0.2, 0.25) is 0 Å². The maximum Gasteiger partial charge on any atom is 0.0213 e. The molecule has 0 bridgehead atoms. The third-order valence-electron chi connectivity index (χ3n) is 3.83. The van der Waals surface area contributed by atoms with Crippen LogP contribution in [0.4, 0.5) is 0 Å². The molecule has 1 N–H and O–H groups in total. The Labute approximate surface area is 107 Å². The van der Waals surface area contributed by atoms with Gasteiger partial charge in [-0.3, -0.25) is 0 Å². The maximum atomic E-state index is 3.69. The number of halogens is 1. The second-order valence-corrected chi connectivity index (χ2v) is 5.58. The van der Waals surface area contributed by atoms with Gasteiger partial charge in [0.05, 0.1) is 0 Å². The highest BCUT2D eigenvalue weighted by Crippen LogP contribution is 2.57. The van der Waals surface area contributed by atoms with E-state index in [0.29, 0.717) is 5.41 Å². The third-order valence-corrected chi connectivity index (χ3v) is 4.52. The summed E-state index contributed by atoms with van der Waals surface area (Å²) < 4.78 is 1.27. The summed E-state index contributed by atoms with van der Waals surface area (Å²) in [6, 6.07) is 8.68. The second-order valence-electron chi connectivity index (χ2n) is 4.73. The Bertz CT molecular complexity index is 364. The zero-order valence-corrected chi connectivity index (χ0v) is 11.7. The molecule has 0 aliphatic heterocycles. The van der Waals surface area contributed by atoms with Crippen LogP contribution in [0.25, 0.3) is 0 Å². The summed E-state index contributed by atoms with van der Waals surface area (Å²) in [6.45, 7) is 6.65. The number of likely N-dealkylation sites (N-methyl/N-ethyl adjacent to an activating group) is 1. The van der Waals surface area contributed by atoms with Crippen molar-refractivity contribution in [3.05, 3.63) is 34.3 Å². The predicted octanol–water partition coefficient (Wildman–Crippen LogP) is 3.73. The lowest BCUT2D eigenvalue weighted by atomic mass is 9.92. The third kappa shape index (κ3) is 2.05. The number of nitrogens with one attached hydrogen (secondary N) is 1. The summed E-state index contributed by atoms with van der Waals surface area (Å²) >= 11 is 3.69. The molecule has 1 aromatic rings. The van der Waals surface area contributed by atoms with Crippen molar-refractivity contribution in [3.8, 4) is 0 Å². The van der Waals surface area contributed by atoms with E-state index in [1.807, 2.05) is 0 Å². The molecule has 1 aliphatic carbocycles. The van der Waals surface area contributed by atoms with E-state index in [1.165, 1.54) is 22.9 Å². The van der Waals surface area contributed by atoms with Crippen molar-refractivity contribution in [2.75, 3.05) is 13.1 Å². The molecule has 0 amide bonds. The first-order chi connectivity index (χ1) is 7.74. The summed E-state index contributed by atoms with van der Waals surface area (Å²) in [7, 11) is 0. The van der Waals surface area contributed by atoms with Crippen LogP contribution in [0.1, 0.15) is 32.3 Å². The van der Waals surface area contributed by atoms with Gasteiger partial charge in [-0.05, 0) is 30.5 Å². The van der Waals surface area contributed by atoms with Gasteiger partial charge in [0.25, 0.3) is 0 Å². The molecule has 2 rings (SSSR count). The molecule has 0 saturated heterocycles. The van der Waals surface area contributed by atoms with Gasteiger partial charge in [0.15, 0.2) is 0 Å². The van der Waals surface area contributed by atoms with Crippen LogP contribution in [0, 0.1) is 5.92 Å². The van der Waals surface area contributed by atoms with E-state index in [2.05, 4.69) is 59.4 Å². The van der Waals surface area contributed by atoms with E-state index in [4.69, 9.17) is 0 Å². The molecular formula is C14H20BrN. The lowest BCUT2D eigenvalue weighted by Crippen LogP contribution is -2.28. The average molecular weight is 282 g/mol. The summed E-state index contributed by atoms with van der Waals surface area (Å²) in [5.41, 5.74) is 1.88. The first kappa shape index (κ1) is 12.1. The summed E-state index contributed by atoms with van der Waals surface area (Å²) in [5.74, 6) is 0.852. The Balaban J connectivity index is 2.24. The molecule has 2 heteroatoms. The molecule has 0 spiro atoms. The average Bonchev–Trinajstić information content (AvgIpc) is 3.02. The van der Waals surface area contributed by atoms with Crippen LogP contribution in [0.15, 0.2) is 28.7 Å². The molecule has 16 heavy (non-hydrogen) atoms. The molecule has 2 atom stereocenters. The molecule has 88 valence electrons. The molecule has 1 fully saturated rings. The number of benzene rings is 1. The normalized spacial score (nSPS) is 28.1. The van der Waals surface area contributed by atoms with Crippen molar-refractivity contribution in [1.29, 1.82) is 0 Å². The SMILES string of the molecule is CCNCC1(c2ccccc2Br)CC1CC. The van der Waals surface area contributed by atoms with Gasteiger partial charge in [-0.1, -0.05) is 54.4 Å². The summed E-state index contributed by atoms with van der Waals surface area (Å²) in [5, 5.41) is 3.52. The van der Waals surface area contributed by atoms with Crippen LogP contribution in [0.3, 0.4) is 0 Å². The van der Waals surface area contributed by atoms with Gasteiger partial charge in [-0.25, -0.2) is 0 Å². The largest absolute Gasteiger partial charge is 0.316 e. The summed E-state index contributed by atoms with van der Waals surface area (Å²) in [6.07, 6.45) is 2.62. The van der Waals surface area contributed by atoms with Gasteiger partial charge in [-0.15, -0.1) is 0 Å². The highest BCUT2D eigenvalue weighted by Gasteiger charge is 2.54. The quantitative estimate of drug-likeness (QED) is 0.867. The van der Waals surface area contributed by atoms with Crippen molar-refractivity contribution < 1.29 is 0 Å². The lowest BCUT2D eigenvalue weighted by Gasteiger charge is -2.20. The fourth-order valence-corrected chi connectivity index (χ4v) is 3.45. The fraction of sp³-hybridized carbons (Fsp3) is 0.571. The number of hydrogen-bond donors (Lipinski definition) is 1. The van der Waals surface area contributed by atoms with Gasteiger partial charge in [0.1, 0.15) is 0 Å². The highest BCUT2D eigenvalue weighted by atomic mass is 79.9. The minimum absolute atomic E-state index is 0.394. The molecule has 1 saturated carbocycles. The molecular weight excluding hydrogens is 262 g/mol. The van der Waals surface area contributed by atoms with Crippen molar-refractivity contribution in [2.24, 2.45) is 5.92 Å². The minimum atomic E-state index is 0.394. The van der Waals surface area contributed by atoms with E-state index in [9.17, 15) is 0 Å². The van der Waals surface area contributed by atoms with Crippen LogP contribution in [0.5, 0.6) is 0 Å². The zero-order valence-electron chi connectivity index (χ0n) is 10.1. The van der Waals surface area contributed by atoms with Gasteiger partial charge >= 0.3 is 0 Å². The van der Waals surface area contributed by atoms with Crippen molar-refractivity contribution in [3.63, 3.8) is 0 Å². The van der Waals surface area contributed by atoms with Gasteiger partial charge in [0.2, 0.25) is 0 Å². The van der Waals surface area contributed by atoms with Gasteiger partial charge in [0, 0.05) is 16.4 Å². The molecule has 0 aromatic heterocycles. The van der Waals surface area contributed by atoms with E-state index >= 15 is 0 Å². The highest BCUT2D eigenvalue weighted by molar-refractivity contribution is 9.10. The van der Waals surface area contributed by atoms with E-state index < -0.39 is 0 Å². The van der Waals surface area contributed by atoms with Crippen molar-refractivity contribution in [1.82, 2.24) is 5.32 Å². The minimum Gasteiger partial charge on any atom is -0.316 e. The maximum absolute atomic E-state index is 3.69. The van der Waals surface area contributed by atoms with Gasteiger partial charge < -0.3 is 5.32 Å². The van der Waals surface area contributed by atoms with E-state index in [-0.39, 0.29) is 0 Å². The second kappa shape index (κ2) is 4.89. The predicted molar refractivity (Wildman–Crippen MR) is 72.8 cm³/mol. The molecule has 1 nitrogen and oxygen atoms in total. The number of hydrogen-bond acceptors (Lipinski definition) is 1. The zero-order chi connectivity index (χ0) is 11.6. The smallest absolute Gasteiger partial charge is 0.0213 e. The van der Waals surface area contributed by atoms with Crippen LogP contribution < -0.4 is 5.32 Å². The van der Waals surface area contributed by atoms with E-state index in [0.717, 1.165) is 19.0 Å². The summed E-state index contributed by atoms with van der Waals surface area (Å²) in [4.78, 5) is 0. The lowest BCUT2D eigenvalue weighted by molar-refractivity contribution is 0.532. The van der Waals surface area contributed by atoms with Crippen molar-refractivity contribution in [2.45, 2.75) is 32.1 Å². The Kier molecular flexibility index (Phi) is 3.70. The van der Waals surface area contributed by atoms with Crippen molar-refractivity contribution >= 4 is 15.9 Å². The topological polar surface area (TPSA) is 12.0 Å². The Morgan fingerprint density at radius 2 is 2.12 bits per heavy atom. The Hall–Kier alpha value is -0.340.